The highest BCUT2D eigenvalue weighted by atomic mass is 35.5. The highest BCUT2D eigenvalue weighted by molar-refractivity contribution is 7.92. The first-order chi connectivity index (χ1) is 21.2. The lowest BCUT2D eigenvalue weighted by molar-refractivity contribution is -0.140. The zero-order valence-corrected chi connectivity index (χ0v) is 28.0. The Kier molecular flexibility index (Phi) is 11.0. The molecule has 0 aliphatic rings. The molecule has 4 aromatic rings. The fraction of sp³-hybridized carbons (Fsp3) is 0.257. The van der Waals surface area contributed by atoms with Crippen LogP contribution in [0.15, 0.2) is 108 Å². The minimum absolute atomic E-state index is 0.0186. The van der Waals surface area contributed by atoms with Crippen LogP contribution in [0, 0.1) is 6.92 Å². The van der Waals surface area contributed by atoms with Gasteiger partial charge in [-0.1, -0.05) is 89.9 Å². The van der Waals surface area contributed by atoms with E-state index in [1.54, 1.807) is 54.6 Å². The molecule has 236 valence electrons. The summed E-state index contributed by atoms with van der Waals surface area (Å²) in [5, 5.41) is 3.91. The van der Waals surface area contributed by atoms with Gasteiger partial charge >= 0.3 is 0 Å². The van der Waals surface area contributed by atoms with Crippen molar-refractivity contribution in [2.45, 2.75) is 57.1 Å². The molecule has 0 saturated carbocycles. The van der Waals surface area contributed by atoms with E-state index in [9.17, 15) is 18.0 Å². The van der Waals surface area contributed by atoms with Gasteiger partial charge in [-0.15, -0.1) is 0 Å². The van der Waals surface area contributed by atoms with Gasteiger partial charge in [0, 0.05) is 28.5 Å². The lowest BCUT2D eigenvalue weighted by Gasteiger charge is -2.35. The molecule has 0 fully saturated rings. The van der Waals surface area contributed by atoms with Crippen LogP contribution in [0.5, 0.6) is 0 Å². The number of hydrogen-bond donors (Lipinski definition) is 1. The molecule has 4 rings (SSSR count). The molecule has 0 unspecified atom stereocenters. The molecule has 0 heterocycles. The first kappa shape index (κ1) is 34.0. The highest BCUT2D eigenvalue weighted by Crippen LogP contribution is 2.29. The van der Waals surface area contributed by atoms with Gasteiger partial charge in [-0.2, -0.15) is 0 Å². The van der Waals surface area contributed by atoms with Crippen molar-refractivity contribution in [3.05, 3.63) is 130 Å². The lowest BCUT2D eigenvalue weighted by atomic mass is 10.0. The zero-order valence-electron chi connectivity index (χ0n) is 25.7. The SMILES string of the molecule is Cc1ccc(N(CC(=O)N(Cc2ccc(Cl)cc2)[C@H](Cc2ccccc2)C(=O)NC(C)(C)C)S(=O)(=O)c2ccccc2)cc1Cl. The van der Waals surface area contributed by atoms with Crippen molar-refractivity contribution in [2.75, 3.05) is 10.8 Å². The molecule has 0 spiro atoms. The predicted octanol–water partition coefficient (Wildman–Crippen LogP) is 7.05. The van der Waals surface area contributed by atoms with Gasteiger partial charge < -0.3 is 10.2 Å². The number of benzene rings is 4. The maximum atomic E-state index is 14.5. The topological polar surface area (TPSA) is 86.8 Å². The van der Waals surface area contributed by atoms with Crippen molar-refractivity contribution in [1.29, 1.82) is 0 Å². The second-order valence-electron chi connectivity index (χ2n) is 11.9. The van der Waals surface area contributed by atoms with E-state index >= 15 is 0 Å². The van der Waals surface area contributed by atoms with Gasteiger partial charge in [0.15, 0.2) is 0 Å². The third kappa shape index (κ3) is 9.10. The van der Waals surface area contributed by atoms with Crippen molar-refractivity contribution in [3.63, 3.8) is 0 Å². The largest absolute Gasteiger partial charge is 0.350 e. The van der Waals surface area contributed by atoms with Gasteiger partial charge in [-0.05, 0) is 80.8 Å². The van der Waals surface area contributed by atoms with Gasteiger partial charge in [0.25, 0.3) is 10.0 Å². The summed E-state index contributed by atoms with van der Waals surface area (Å²) in [5.41, 5.74) is 1.98. The molecule has 0 saturated heterocycles. The van der Waals surface area contributed by atoms with Crippen LogP contribution in [-0.4, -0.2) is 43.3 Å². The number of nitrogens with zero attached hydrogens (tertiary/aromatic N) is 2. The Morgan fingerprint density at radius 3 is 2.00 bits per heavy atom. The molecule has 7 nitrogen and oxygen atoms in total. The highest BCUT2D eigenvalue weighted by Gasteiger charge is 2.35. The van der Waals surface area contributed by atoms with Crippen LogP contribution in [0.3, 0.4) is 0 Å². The number of rotatable bonds is 11. The summed E-state index contributed by atoms with van der Waals surface area (Å²) < 4.78 is 29.2. The van der Waals surface area contributed by atoms with Crippen molar-refractivity contribution >= 4 is 50.7 Å². The van der Waals surface area contributed by atoms with Crippen LogP contribution >= 0.6 is 23.2 Å². The Balaban J connectivity index is 1.82. The van der Waals surface area contributed by atoms with Gasteiger partial charge in [-0.3, -0.25) is 13.9 Å². The molecule has 0 bridgehead atoms. The van der Waals surface area contributed by atoms with Gasteiger partial charge in [-0.25, -0.2) is 8.42 Å². The molecule has 10 heteroatoms. The Hall–Kier alpha value is -3.85. The summed E-state index contributed by atoms with van der Waals surface area (Å²) in [6.45, 7) is 6.88. The van der Waals surface area contributed by atoms with E-state index in [0.29, 0.717) is 10.0 Å². The van der Waals surface area contributed by atoms with E-state index < -0.39 is 34.1 Å². The van der Waals surface area contributed by atoms with Crippen LogP contribution < -0.4 is 9.62 Å². The molecule has 1 atom stereocenters. The van der Waals surface area contributed by atoms with Crippen LogP contribution in [0.1, 0.15) is 37.5 Å². The summed E-state index contributed by atoms with van der Waals surface area (Å²) >= 11 is 12.6. The molecule has 0 aromatic heterocycles. The second kappa shape index (κ2) is 14.5. The van der Waals surface area contributed by atoms with Gasteiger partial charge in [0.05, 0.1) is 10.6 Å². The fourth-order valence-electron chi connectivity index (χ4n) is 4.78. The Morgan fingerprint density at radius 1 is 0.822 bits per heavy atom. The average Bonchev–Trinajstić information content (AvgIpc) is 3.00. The van der Waals surface area contributed by atoms with E-state index in [0.717, 1.165) is 21.0 Å². The summed E-state index contributed by atoms with van der Waals surface area (Å²) in [5.74, 6) is -0.921. The first-order valence-corrected chi connectivity index (χ1v) is 16.7. The lowest BCUT2D eigenvalue weighted by Crippen LogP contribution is -2.56. The van der Waals surface area contributed by atoms with Crippen LogP contribution in [0.2, 0.25) is 10.0 Å². The third-order valence-electron chi connectivity index (χ3n) is 7.09. The van der Waals surface area contributed by atoms with E-state index in [-0.39, 0.29) is 29.5 Å². The summed E-state index contributed by atoms with van der Waals surface area (Å²) in [6.07, 6.45) is 0.212. The number of carbonyl (C=O) groups excluding carboxylic acids is 2. The smallest absolute Gasteiger partial charge is 0.264 e. The third-order valence-corrected chi connectivity index (χ3v) is 9.54. The normalized spacial score (nSPS) is 12.3. The summed E-state index contributed by atoms with van der Waals surface area (Å²) in [6, 6.07) is 28.2. The Morgan fingerprint density at radius 2 is 1.42 bits per heavy atom. The number of anilines is 1. The van der Waals surface area contributed by atoms with E-state index in [2.05, 4.69) is 5.32 Å². The predicted molar refractivity (Wildman–Crippen MR) is 181 cm³/mol. The number of hydrogen-bond acceptors (Lipinski definition) is 4. The zero-order chi connectivity index (χ0) is 32.8. The molecule has 0 radical (unpaired) electrons. The number of nitrogens with one attached hydrogen (secondary N) is 1. The van der Waals surface area contributed by atoms with E-state index in [1.165, 1.54) is 23.1 Å². The second-order valence-corrected chi connectivity index (χ2v) is 14.6. The molecular weight excluding hydrogens is 629 g/mol. The fourth-order valence-corrected chi connectivity index (χ4v) is 6.51. The summed E-state index contributed by atoms with van der Waals surface area (Å²) in [7, 11) is -4.22. The standard InChI is InChI=1S/C35H37Cl2N3O4S/c1-25-15-20-29(22-31(25)37)40(45(43,44)30-13-9-6-10-14-30)24-33(41)39(23-27-16-18-28(36)19-17-27)32(34(42)38-35(2,3)4)21-26-11-7-5-8-12-26/h5-20,22,32H,21,23-24H2,1-4H3,(H,38,42)/t32-/m1/s1. The average molecular weight is 667 g/mol. The van der Waals surface area contributed by atoms with Crippen molar-refractivity contribution in [3.8, 4) is 0 Å². The number of amides is 2. The minimum atomic E-state index is -4.22. The quantitative estimate of drug-likeness (QED) is 0.186. The molecule has 1 N–H and O–H groups in total. The molecule has 0 aliphatic carbocycles. The maximum absolute atomic E-state index is 14.5. The van der Waals surface area contributed by atoms with Gasteiger partial charge in [0.1, 0.15) is 12.6 Å². The molecule has 2 amide bonds. The number of carbonyl (C=O) groups is 2. The van der Waals surface area contributed by atoms with Crippen molar-refractivity contribution in [2.24, 2.45) is 0 Å². The number of halogens is 2. The molecule has 4 aromatic carbocycles. The van der Waals surface area contributed by atoms with Crippen LogP contribution in [0.4, 0.5) is 5.69 Å². The minimum Gasteiger partial charge on any atom is -0.350 e. The molecule has 45 heavy (non-hydrogen) atoms. The molecular formula is C35H37Cl2N3O4S. The van der Waals surface area contributed by atoms with Crippen molar-refractivity contribution in [1.82, 2.24) is 10.2 Å². The summed E-state index contributed by atoms with van der Waals surface area (Å²) in [4.78, 5) is 29.9. The number of aryl methyl sites for hydroxylation is 1. The molecule has 0 aliphatic heterocycles. The van der Waals surface area contributed by atoms with E-state index in [4.69, 9.17) is 23.2 Å². The number of sulfonamides is 1. The Labute approximate surface area is 275 Å². The van der Waals surface area contributed by atoms with Crippen LogP contribution in [0.25, 0.3) is 0 Å². The monoisotopic (exact) mass is 665 g/mol. The van der Waals surface area contributed by atoms with Crippen molar-refractivity contribution < 1.29 is 18.0 Å². The first-order valence-electron chi connectivity index (χ1n) is 14.5. The maximum Gasteiger partial charge on any atom is 0.264 e. The van der Waals surface area contributed by atoms with E-state index in [1.807, 2.05) is 58.0 Å². The Bertz CT molecular complexity index is 1730. The van der Waals surface area contributed by atoms with Crippen LogP contribution in [-0.2, 0) is 32.6 Å². The van der Waals surface area contributed by atoms with Gasteiger partial charge in [0.2, 0.25) is 11.8 Å².